The van der Waals surface area contributed by atoms with Crippen LogP contribution < -0.4 is 15.0 Å². The summed E-state index contributed by atoms with van der Waals surface area (Å²) in [6.45, 7) is 1.01. The molecule has 2 aromatic carbocycles. The molecule has 1 aliphatic rings. The van der Waals surface area contributed by atoms with Crippen molar-refractivity contribution in [1.29, 1.82) is 0 Å². The maximum atomic E-state index is 13.0. The largest absolute Gasteiger partial charge is 0.504 e. The minimum Gasteiger partial charge on any atom is -0.504 e. The van der Waals surface area contributed by atoms with E-state index in [1.54, 1.807) is 12.1 Å². The first-order valence-electron chi connectivity index (χ1n) is 8.51. The van der Waals surface area contributed by atoms with Crippen molar-refractivity contribution in [3.8, 4) is 11.5 Å². The van der Waals surface area contributed by atoms with Gasteiger partial charge in [-0.2, -0.15) is 13.2 Å². The number of hydrogen-bond acceptors (Lipinski definition) is 4. The maximum absolute atomic E-state index is 13.0. The van der Waals surface area contributed by atoms with Crippen LogP contribution in [0, 0.1) is 0 Å². The molecule has 8 heteroatoms. The van der Waals surface area contributed by atoms with Crippen molar-refractivity contribution in [2.24, 2.45) is 0 Å². The minimum atomic E-state index is -4.50. The summed E-state index contributed by atoms with van der Waals surface area (Å²) in [6, 6.07) is 9.47. The highest BCUT2D eigenvalue weighted by Crippen LogP contribution is 2.36. The van der Waals surface area contributed by atoms with Crippen LogP contribution in [0.1, 0.15) is 18.4 Å². The van der Waals surface area contributed by atoms with Crippen LogP contribution in [-0.2, 0) is 11.0 Å². The van der Waals surface area contributed by atoms with Gasteiger partial charge in [-0.3, -0.25) is 4.79 Å². The van der Waals surface area contributed by atoms with Gasteiger partial charge in [-0.1, -0.05) is 12.1 Å². The summed E-state index contributed by atoms with van der Waals surface area (Å²) in [6.07, 6.45) is -2.61. The van der Waals surface area contributed by atoms with Crippen LogP contribution in [0.5, 0.6) is 11.5 Å². The van der Waals surface area contributed by atoms with E-state index in [2.05, 4.69) is 5.32 Å². The number of para-hydroxylation sites is 2. The van der Waals surface area contributed by atoms with Crippen molar-refractivity contribution in [1.82, 2.24) is 0 Å². The van der Waals surface area contributed by atoms with Crippen molar-refractivity contribution in [2.75, 3.05) is 29.9 Å². The van der Waals surface area contributed by atoms with E-state index in [0.29, 0.717) is 5.69 Å². The van der Waals surface area contributed by atoms with Gasteiger partial charge in [-0.15, -0.1) is 0 Å². The number of ether oxygens (including phenoxy) is 1. The molecule has 3 rings (SSSR count). The van der Waals surface area contributed by atoms with E-state index in [0.717, 1.165) is 38.1 Å². The van der Waals surface area contributed by atoms with Gasteiger partial charge in [0.15, 0.2) is 18.1 Å². The molecule has 2 N–H and O–H groups in total. The van der Waals surface area contributed by atoms with Gasteiger partial charge in [0, 0.05) is 13.1 Å². The third-order valence-corrected chi connectivity index (χ3v) is 4.27. The molecule has 0 radical (unpaired) electrons. The smallest absolute Gasteiger partial charge is 0.416 e. The van der Waals surface area contributed by atoms with Gasteiger partial charge in [0.1, 0.15) is 0 Å². The molecule has 27 heavy (non-hydrogen) atoms. The Morgan fingerprint density at radius 1 is 1.15 bits per heavy atom. The molecule has 0 unspecified atom stereocenters. The quantitative estimate of drug-likeness (QED) is 0.822. The normalized spacial score (nSPS) is 14.3. The topological polar surface area (TPSA) is 61.8 Å². The number of nitrogens with one attached hydrogen (secondary N) is 1. The molecular formula is C19H19F3N2O3. The maximum Gasteiger partial charge on any atom is 0.416 e. The van der Waals surface area contributed by atoms with Crippen molar-refractivity contribution in [3.63, 3.8) is 0 Å². The van der Waals surface area contributed by atoms with Crippen molar-refractivity contribution < 1.29 is 27.8 Å². The molecule has 0 bridgehead atoms. The summed E-state index contributed by atoms with van der Waals surface area (Å²) >= 11 is 0. The van der Waals surface area contributed by atoms with Crippen molar-refractivity contribution >= 4 is 17.3 Å². The lowest BCUT2D eigenvalue weighted by atomic mass is 10.1. The van der Waals surface area contributed by atoms with Gasteiger partial charge in [0.05, 0.1) is 16.9 Å². The average molecular weight is 380 g/mol. The number of phenolic OH excluding ortho intramolecular Hbond substituents is 1. The highest BCUT2D eigenvalue weighted by Gasteiger charge is 2.32. The number of carbonyl (C=O) groups is 1. The zero-order valence-electron chi connectivity index (χ0n) is 14.4. The Labute approximate surface area is 154 Å². The monoisotopic (exact) mass is 380 g/mol. The lowest BCUT2D eigenvalue weighted by Gasteiger charge is -2.23. The first-order chi connectivity index (χ1) is 12.8. The molecule has 1 aliphatic heterocycles. The highest BCUT2D eigenvalue weighted by molar-refractivity contribution is 5.95. The fourth-order valence-corrected chi connectivity index (χ4v) is 2.96. The van der Waals surface area contributed by atoms with Crippen LogP contribution in [0.2, 0.25) is 0 Å². The van der Waals surface area contributed by atoms with Gasteiger partial charge < -0.3 is 20.1 Å². The molecule has 0 aliphatic carbocycles. The van der Waals surface area contributed by atoms with Gasteiger partial charge in [-0.05, 0) is 43.2 Å². The molecule has 0 aromatic heterocycles. The molecule has 1 saturated heterocycles. The summed E-state index contributed by atoms with van der Waals surface area (Å²) in [5.41, 5.74) is -0.184. The first-order valence-corrected chi connectivity index (χ1v) is 8.51. The number of phenols is 1. The summed E-state index contributed by atoms with van der Waals surface area (Å²) in [5, 5.41) is 12.1. The molecule has 1 fully saturated rings. The number of nitrogens with zero attached hydrogens (tertiary/aromatic N) is 1. The van der Waals surface area contributed by atoms with Gasteiger partial charge in [0.25, 0.3) is 5.91 Å². The second kappa shape index (κ2) is 7.77. The number of aromatic hydroxyl groups is 1. The van der Waals surface area contributed by atoms with Crippen molar-refractivity contribution in [3.05, 3.63) is 48.0 Å². The van der Waals surface area contributed by atoms with Crippen LogP contribution in [-0.4, -0.2) is 30.7 Å². The molecule has 144 valence electrons. The number of carbonyl (C=O) groups excluding carboxylic acids is 1. The predicted octanol–water partition coefficient (Wildman–Crippen LogP) is 4.03. The Kier molecular flexibility index (Phi) is 5.43. The Hall–Kier alpha value is -2.90. The van der Waals surface area contributed by atoms with E-state index in [4.69, 9.17) is 4.74 Å². The Balaban J connectivity index is 1.76. The third kappa shape index (κ3) is 4.64. The molecule has 1 heterocycles. The highest BCUT2D eigenvalue weighted by atomic mass is 19.4. The summed E-state index contributed by atoms with van der Waals surface area (Å²) in [4.78, 5) is 14.2. The number of anilines is 2. The zero-order valence-corrected chi connectivity index (χ0v) is 14.4. The van der Waals surface area contributed by atoms with E-state index in [1.165, 1.54) is 18.2 Å². The van der Waals surface area contributed by atoms with E-state index >= 15 is 0 Å². The number of hydrogen-bond donors (Lipinski definition) is 2. The predicted molar refractivity (Wildman–Crippen MR) is 95.1 cm³/mol. The van der Waals surface area contributed by atoms with Gasteiger partial charge >= 0.3 is 6.18 Å². The van der Waals surface area contributed by atoms with Crippen LogP contribution in [0.4, 0.5) is 24.5 Å². The Morgan fingerprint density at radius 2 is 1.85 bits per heavy atom. The average Bonchev–Trinajstić information content (AvgIpc) is 3.14. The second-order valence-corrected chi connectivity index (χ2v) is 6.23. The summed E-state index contributed by atoms with van der Waals surface area (Å²) in [5.74, 6) is -0.614. The number of amides is 1. The van der Waals surface area contributed by atoms with Crippen LogP contribution >= 0.6 is 0 Å². The zero-order chi connectivity index (χ0) is 19.4. The first kappa shape index (κ1) is 18.9. The molecule has 2 aromatic rings. The lowest BCUT2D eigenvalue weighted by Crippen LogP contribution is -2.24. The standard InChI is InChI=1S/C19H19F3N2O3/c20-19(21,22)13-7-8-15(24-9-3-4-10-24)14(11-13)23-18(26)12-27-17-6-2-1-5-16(17)25/h1-2,5-8,11,25H,3-4,9-10,12H2,(H,23,26). The summed E-state index contributed by atoms with van der Waals surface area (Å²) < 4.78 is 44.4. The third-order valence-electron chi connectivity index (χ3n) is 4.27. The van der Waals surface area contributed by atoms with Crippen LogP contribution in [0.3, 0.4) is 0 Å². The van der Waals surface area contributed by atoms with E-state index in [-0.39, 0.29) is 17.2 Å². The molecule has 5 nitrogen and oxygen atoms in total. The molecule has 0 saturated carbocycles. The Morgan fingerprint density at radius 3 is 2.52 bits per heavy atom. The second-order valence-electron chi connectivity index (χ2n) is 6.23. The number of halogens is 3. The molecule has 0 atom stereocenters. The van der Waals surface area contributed by atoms with E-state index in [1.807, 2.05) is 4.90 Å². The minimum absolute atomic E-state index is 0.0950. The molecular weight excluding hydrogens is 361 g/mol. The number of rotatable bonds is 5. The SMILES string of the molecule is O=C(COc1ccccc1O)Nc1cc(C(F)(F)F)ccc1N1CCCC1. The van der Waals surface area contributed by atoms with E-state index in [9.17, 15) is 23.1 Å². The van der Waals surface area contributed by atoms with Crippen molar-refractivity contribution in [2.45, 2.75) is 19.0 Å². The van der Waals surface area contributed by atoms with Gasteiger partial charge in [0.2, 0.25) is 0 Å². The van der Waals surface area contributed by atoms with Crippen LogP contribution in [0.25, 0.3) is 0 Å². The fraction of sp³-hybridized carbons (Fsp3) is 0.316. The fourth-order valence-electron chi connectivity index (χ4n) is 2.96. The lowest BCUT2D eigenvalue weighted by molar-refractivity contribution is -0.137. The van der Waals surface area contributed by atoms with Crippen LogP contribution in [0.15, 0.2) is 42.5 Å². The van der Waals surface area contributed by atoms with E-state index < -0.39 is 24.3 Å². The Bertz CT molecular complexity index is 818. The molecule has 1 amide bonds. The van der Waals surface area contributed by atoms with Gasteiger partial charge in [-0.25, -0.2) is 0 Å². The molecule has 0 spiro atoms. The number of benzene rings is 2. The number of alkyl halides is 3. The summed E-state index contributed by atoms with van der Waals surface area (Å²) in [7, 11) is 0.